The van der Waals surface area contributed by atoms with Gasteiger partial charge in [0.05, 0.1) is 5.69 Å². The van der Waals surface area contributed by atoms with Crippen LogP contribution in [0.3, 0.4) is 0 Å². The first-order valence-electron chi connectivity index (χ1n) is 7.39. The van der Waals surface area contributed by atoms with Crippen LogP contribution in [0.1, 0.15) is 46.4 Å². The van der Waals surface area contributed by atoms with Crippen molar-refractivity contribution in [3.8, 4) is 0 Å². The highest BCUT2D eigenvalue weighted by Crippen LogP contribution is 2.29. The molecule has 126 valence electrons. The minimum Gasteiger partial charge on any atom is -0.280 e. The highest BCUT2D eigenvalue weighted by molar-refractivity contribution is 7.92. The first kappa shape index (κ1) is 17.5. The number of hydrogen-bond donors (Lipinski definition) is 1. The summed E-state index contributed by atoms with van der Waals surface area (Å²) in [7, 11) is -3.81. The fourth-order valence-electron chi connectivity index (χ4n) is 2.08. The molecule has 1 aromatic heterocycles. The van der Waals surface area contributed by atoms with E-state index in [1.165, 1.54) is 30.5 Å². The molecule has 5 nitrogen and oxygen atoms in total. The number of benzene rings is 1. The smallest absolute Gasteiger partial charge is 0.265 e. The minimum atomic E-state index is -3.81. The number of anilines is 1. The molecule has 23 heavy (non-hydrogen) atoms. The van der Waals surface area contributed by atoms with Crippen LogP contribution < -0.4 is 4.72 Å². The van der Waals surface area contributed by atoms with Crippen LogP contribution in [-0.4, -0.2) is 18.2 Å². The summed E-state index contributed by atoms with van der Waals surface area (Å²) in [5, 5.41) is 4.44. The predicted octanol–water partition coefficient (Wildman–Crippen LogP) is 3.70. The molecule has 0 aliphatic carbocycles. The monoisotopic (exact) mass is 339 g/mol. The maximum atomic E-state index is 13.0. The van der Waals surface area contributed by atoms with Gasteiger partial charge in [0.1, 0.15) is 10.7 Å². The molecule has 1 N–H and O–H groups in total. The van der Waals surface area contributed by atoms with Crippen LogP contribution >= 0.6 is 0 Å². The van der Waals surface area contributed by atoms with E-state index >= 15 is 0 Å². The molecular weight excluding hydrogens is 317 g/mol. The third-order valence-electron chi connectivity index (χ3n) is 3.32. The number of nitrogens with zero attached hydrogens (tertiary/aromatic N) is 2. The molecule has 0 bridgehead atoms. The highest BCUT2D eigenvalue weighted by atomic mass is 32.2. The summed E-state index contributed by atoms with van der Waals surface area (Å²) in [5.41, 5.74) is 0.386. The molecule has 0 saturated heterocycles. The van der Waals surface area contributed by atoms with E-state index in [2.05, 4.69) is 9.82 Å². The molecule has 7 heteroatoms. The zero-order chi connectivity index (χ0) is 17.4. The van der Waals surface area contributed by atoms with E-state index in [9.17, 15) is 12.8 Å². The second-order valence-corrected chi connectivity index (χ2v) is 8.43. The number of halogens is 1. The zero-order valence-corrected chi connectivity index (χ0v) is 14.8. The van der Waals surface area contributed by atoms with Crippen molar-refractivity contribution in [3.63, 3.8) is 0 Å². The minimum absolute atomic E-state index is 0.0471. The summed E-state index contributed by atoms with van der Waals surface area (Å²) >= 11 is 0. The summed E-state index contributed by atoms with van der Waals surface area (Å²) < 4.78 is 42.5. The Morgan fingerprint density at radius 2 is 1.74 bits per heavy atom. The van der Waals surface area contributed by atoms with Crippen molar-refractivity contribution in [2.75, 3.05) is 4.72 Å². The van der Waals surface area contributed by atoms with Gasteiger partial charge in [-0.2, -0.15) is 5.10 Å². The average molecular weight is 339 g/mol. The Bertz CT molecular complexity index is 788. The Kier molecular flexibility index (Phi) is 4.52. The fourth-order valence-corrected chi connectivity index (χ4v) is 3.49. The molecule has 2 aromatic rings. The number of nitrogens with one attached hydrogen (secondary N) is 1. The molecule has 0 aliphatic rings. The van der Waals surface area contributed by atoms with Gasteiger partial charge in [-0.05, 0) is 38.1 Å². The van der Waals surface area contributed by atoms with E-state index in [-0.39, 0.29) is 10.9 Å². The van der Waals surface area contributed by atoms with Gasteiger partial charge >= 0.3 is 0 Å². The Morgan fingerprint density at radius 3 is 2.22 bits per heavy atom. The van der Waals surface area contributed by atoms with Gasteiger partial charge in [0.15, 0.2) is 0 Å². The third kappa shape index (κ3) is 3.90. The molecule has 1 heterocycles. The topological polar surface area (TPSA) is 64.0 Å². The van der Waals surface area contributed by atoms with Crippen LogP contribution in [0, 0.1) is 5.82 Å². The van der Waals surface area contributed by atoms with E-state index in [4.69, 9.17) is 0 Å². The van der Waals surface area contributed by atoms with Gasteiger partial charge in [-0.1, -0.05) is 20.8 Å². The molecule has 0 spiro atoms. The molecule has 0 fully saturated rings. The van der Waals surface area contributed by atoms with Crippen LogP contribution in [0.15, 0.2) is 35.4 Å². The van der Waals surface area contributed by atoms with E-state index < -0.39 is 21.3 Å². The molecule has 0 saturated carbocycles. The number of aromatic nitrogens is 2. The van der Waals surface area contributed by atoms with Crippen molar-refractivity contribution in [2.45, 2.75) is 51.0 Å². The average Bonchev–Trinajstić information content (AvgIpc) is 2.87. The standard InChI is InChI=1S/C16H22FN3O2S/c1-11(2)20-10-14(15(18-20)16(3,4)5)23(21,22)19-13-8-6-12(17)7-9-13/h6-11,19H,1-5H3. The van der Waals surface area contributed by atoms with Gasteiger partial charge in [-0.25, -0.2) is 12.8 Å². The van der Waals surface area contributed by atoms with Crippen LogP contribution in [0.5, 0.6) is 0 Å². The van der Waals surface area contributed by atoms with Gasteiger partial charge in [0.2, 0.25) is 0 Å². The van der Waals surface area contributed by atoms with Crippen molar-refractivity contribution < 1.29 is 12.8 Å². The van der Waals surface area contributed by atoms with Crippen LogP contribution in [-0.2, 0) is 15.4 Å². The number of rotatable bonds is 4. The number of sulfonamides is 1. The second-order valence-electron chi connectivity index (χ2n) is 6.78. The highest BCUT2D eigenvalue weighted by Gasteiger charge is 2.30. The maximum Gasteiger partial charge on any atom is 0.265 e. The van der Waals surface area contributed by atoms with E-state index in [0.29, 0.717) is 11.4 Å². The van der Waals surface area contributed by atoms with Crippen molar-refractivity contribution in [2.24, 2.45) is 0 Å². The van der Waals surface area contributed by atoms with E-state index in [0.717, 1.165) is 0 Å². The lowest BCUT2D eigenvalue weighted by atomic mass is 9.92. The lowest BCUT2D eigenvalue weighted by Gasteiger charge is -2.18. The van der Waals surface area contributed by atoms with Crippen molar-refractivity contribution in [1.29, 1.82) is 0 Å². The molecule has 0 amide bonds. The molecule has 0 atom stereocenters. The Hall–Kier alpha value is -1.89. The van der Waals surface area contributed by atoms with Crippen LogP contribution in [0.4, 0.5) is 10.1 Å². The summed E-state index contributed by atoms with van der Waals surface area (Å²) in [6.45, 7) is 9.61. The quantitative estimate of drug-likeness (QED) is 0.924. The van der Waals surface area contributed by atoms with Crippen LogP contribution in [0.25, 0.3) is 0 Å². The third-order valence-corrected chi connectivity index (χ3v) is 4.71. The summed E-state index contributed by atoms with van der Waals surface area (Å²) in [6, 6.07) is 5.23. The Morgan fingerprint density at radius 1 is 1.17 bits per heavy atom. The fraction of sp³-hybridized carbons (Fsp3) is 0.438. The van der Waals surface area contributed by atoms with Gasteiger partial charge in [0.25, 0.3) is 10.0 Å². The van der Waals surface area contributed by atoms with Gasteiger partial charge in [-0.3, -0.25) is 9.40 Å². The molecule has 1 aromatic carbocycles. The summed E-state index contributed by atoms with van der Waals surface area (Å²) in [4.78, 5) is 0.142. The van der Waals surface area contributed by atoms with Crippen LogP contribution in [0.2, 0.25) is 0 Å². The number of hydrogen-bond acceptors (Lipinski definition) is 3. The largest absolute Gasteiger partial charge is 0.280 e. The Labute approximate surface area is 136 Å². The van der Waals surface area contributed by atoms with Gasteiger partial charge in [0, 0.05) is 23.3 Å². The van der Waals surface area contributed by atoms with Crippen molar-refractivity contribution in [1.82, 2.24) is 9.78 Å². The lowest BCUT2D eigenvalue weighted by molar-refractivity contribution is 0.493. The molecular formula is C16H22FN3O2S. The van der Waals surface area contributed by atoms with Gasteiger partial charge < -0.3 is 0 Å². The lowest BCUT2D eigenvalue weighted by Crippen LogP contribution is -2.20. The molecule has 0 aliphatic heterocycles. The predicted molar refractivity (Wildman–Crippen MR) is 88.5 cm³/mol. The molecule has 2 rings (SSSR count). The summed E-state index contributed by atoms with van der Waals surface area (Å²) in [6.07, 6.45) is 1.54. The first-order valence-corrected chi connectivity index (χ1v) is 8.87. The first-order chi connectivity index (χ1) is 10.5. The second kappa shape index (κ2) is 5.96. The molecule has 0 unspecified atom stereocenters. The van der Waals surface area contributed by atoms with Gasteiger partial charge in [-0.15, -0.1) is 0 Å². The normalized spacial score (nSPS) is 12.7. The van der Waals surface area contributed by atoms with Crippen molar-refractivity contribution >= 4 is 15.7 Å². The zero-order valence-electron chi connectivity index (χ0n) is 14.0. The maximum absolute atomic E-state index is 13.0. The van der Waals surface area contributed by atoms with E-state index in [1.54, 1.807) is 4.68 Å². The Balaban J connectivity index is 2.48. The summed E-state index contributed by atoms with van der Waals surface area (Å²) in [5.74, 6) is -0.420. The van der Waals surface area contributed by atoms with E-state index in [1.807, 2.05) is 34.6 Å². The van der Waals surface area contributed by atoms with Crippen molar-refractivity contribution in [3.05, 3.63) is 42.0 Å². The SMILES string of the molecule is CC(C)n1cc(S(=O)(=O)Nc2ccc(F)cc2)c(C(C)(C)C)n1. The molecule has 0 radical (unpaired) electrons.